The lowest BCUT2D eigenvalue weighted by atomic mass is 9.83. The number of nitrogens with zero attached hydrogens (tertiary/aromatic N) is 1. The Hall–Kier alpha value is -0.610. The standard InChI is InChI=1S/C17H31NO3/c1-14(2)5-4-10-18(3)16(19)13-15-6-8-17(9-7-15)20-11-12-21-17/h14-15H,4-13H2,1-3H3. The highest BCUT2D eigenvalue weighted by Gasteiger charge is 2.40. The van der Waals surface area contributed by atoms with Crippen molar-refractivity contribution in [3.05, 3.63) is 0 Å². The molecule has 0 aromatic heterocycles. The highest BCUT2D eigenvalue weighted by Crippen LogP contribution is 2.39. The number of carbonyl (C=O) groups is 1. The summed E-state index contributed by atoms with van der Waals surface area (Å²) < 4.78 is 11.5. The molecular weight excluding hydrogens is 266 g/mol. The van der Waals surface area contributed by atoms with Crippen LogP contribution in [-0.4, -0.2) is 43.4 Å². The first kappa shape index (κ1) is 16.8. The molecule has 1 aliphatic heterocycles. The zero-order chi connectivity index (χ0) is 15.3. The molecule has 4 nitrogen and oxygen atoms in total. The molecule has 0 bridgehead atoms. The lowest BCUT2D eigenvalue weighted by Gasteiger charge is -2.35. The van der Waals surface area contributed by atoms with Crippen LogP contribution in [0, 0.1) is 11.8 Å². The van der Waals surface area contributed by atoms with Crippen LogP contribution in [0.4, 0.5) is 0 Å². The minimum absolute atomic E-state index is 0.299. The van der Waals surface area contributed by atoms with E-state index >= 15 is 0 Å². The molecule has 1 amide bonds. The lowest BCUT2D eigenvalue weighted by molar-refractivity contribution is -0.183. The highest BCUT2D eigenvalue weighted by molar-refractivity contribution is 5.76. The van der Waals surface area contributed by atoms with Crippen LogP contribution < -0.4 is 0 Å². The molecule has 1 saturated heterocycles. The molecule has 1 spiro atoms. The van der Waals surface area contributed by atoms with Gasteiger partial charge in [0, 0.05) is 32.9 Å². The third-order valence-corrected chi connectivity index (χ3v) is 4.84. The van der Waals surface area contributed by atoms with E-state index in [1.165, 1.54) is 6.42 Å². The van der Waals surface area contributed by atoms with Gasteiger partial charge in [0.25, 0.3) is 0 Å². The molecule has 4 heteroatoms. The highest BCUT2D eigenvalue weighted by atomic mass is 16.7. The number of ether oxygens (including phenoxy) is 2. The minimum atomic E-state index is -0.303. The van der Waals surface area contributed by atoms with Crippen LogP contribution in [0.5, 0.6) is 0 Å². The van der Waals surface area contributed by atoms with Gasteiger partial charge in [-0.2, -0.15) is 0 Å². The summed E-state index contributed by atoms with van der Waals surface area (Å²) in [6.45, 7) is 6.80. The van der Waals surface area contributed by atoms with Crippen LogP contribution in [-0.2, 0) is 14.3 Å². The van der Waals surface area contributed by atoms with Crippen molar-refractivity contribution in [3.8, 4) is 0 Å². The Labute approximate surface area is 129 Å². The predicted molar refractivity (Wildman–Crippen MR) is 82.9 cm³/mol. The maximum absolute atomic E-state index is 12.3. The van der Waals surface area contributed by atoms with Gasteiger partial charge in [0.2, 0.25) is 5.91 Å². The second-order valence-corrected chi connectivity index (χ2v) is 7.11. The van der Waals surface area contributed by atoms with Crippen LogP contribution in [0.1, 0.15) is 58.8 Å². The molecule has 1 saturated carbocycles. The summed E-state index contributed by atoms with van der Waals surface area (Å²) in [5.74, 6) is 1.22. The number of hydrogen-bond acceptors (Lipinski definition) is 3. The van der Waals surface area contributed by atoms with Crippen LogP contribution in [0.3, 0.4) is 0 Å². The van der Waals surface area contributed by atoms with E-state index in [0.29, 0.717) is 18.2 Å². The first-order valence-corrected chi connectivity index (χ1v) is 8.53. The van der Waals surface area contributed by atoms with Crippen molar-refractivity contribution < 1.29 is 14.3 Å². The van der Waals surface area contributed by atoms with E-state index in [1.807, 2.05) is 11.9 Å². The number of rotatable bonds is 6. The fraction of sp³-hybridized carbons (Fsp3) is 0.941. The average molecular weight is 297 g/mol. The van der Waals surface area contributed by atoms with Crippen molar-refractivity contribution >= 4 is 5.91 Å². The van der Waals surface area contributed by atoms with Crippen LogP contribution >= 0.6 is 0 Å². The summed E-state index contributed by atoms with van der Waals surface area (Å²) in [5.41, 5.74) is 0. The lowest BCUT2D eigenvalue weighted by Crippen LogP contribution is -2.37. The van der Waals surface area contributed by atoms with E-state index in [9.17, 15) is 4.79 Å². The van der Waals surface area contributed by atoms with Gasteiger partial charge in [0.15, 0.2) is 5.79 Å². The van der Waals surface area contributed by atoms with Crippen LogP contribution in [0.15, 0.2) is 0 Å². The van der Waals surface area contributed by atoms with Gasteiger partial charge in [-0.15, -0.1) is 0 Å². The van der Waals surface area contributed by atoms with Gasteiger partial charge in [0.1, 0.15) is 0 Å². The largest absolute Gasteiger partial charge is 0.348 e. The topological polar surface area (TPSA) is 38.8 Å². The number of carbonyl (C=O) groups excluding carboxylic acids is 1. The third kappa shape index (κ3) is 4.96. The van der Waals surface area contributed by atoms with Gasteiger partial charge in [-0.25, -0.2) is 0 Å². The minimum Gasteiger partial charge on any atom is -0.348 e. The summed E-state index contributed by atoms with van der Waals surface area (Å²) in [4.78, 5) is 14.2. The fourth-order valence-corrected chi connectivity index (χ4v) is 3.37. The second kappa shape index (κ2) is 7.59. The van der Waals surface area contributed by atoms with Crippen molar-refractivity contribution in [2.24, 2.45) is 11.8 Å². The Morgan fingerprint density at radius 2 is 1.86 bits per heavy atom. The zero-order valence-electron chi connectivity index (χ0n) is 13.9. The van der Waals surface area contributed by atoms with Crippen LogP contribution in [0.25, 0.3) is 0 Å². The van der Waals surface area contributed by atoms with E-state index in [4.69, 9.17) is 9.47 Å². The van der Waals surface area contributed by atoms with Crippen molar-refractivity contribution in [3.63, 3.8) is 0 Å². The first-order chi connectivity index (χ1) is 10.0. The summed E-state index contributed by atoms with van der Waals surface area (Å²) in [6.07, 6.45) is 6.98. The van der Waals surface area contributed by atoms with Gasteiger partial charge in [-0.1, -0.05) is 13.8 Å². The van der Waals surface area contributed by atoms with Crippen molar-refractivity contribution in [2.75, 3.05) is 26.8 Å². The Morgan fingerprint density at radius 1 is 1.24 bits per heavy atom. The quantitative estimate of drug-likeness (QED) is 0.755. The van der Waals surface area contributed by atoms with Gasteiger partial charge >= 0.3 is 0 Å². The van der Waals surface area contributed by atoms with Gasteiger partial charge < -0.3 is 14.4 Å². The van der Waals surface area contributed by atoms with E-state index in [-0.39, 0.29) is 5.79 Å². The molecule has 1 aliphatic carbocycles. The summed E-state index contributed by atoms with van der Waals surface area (Å²) in [7, 11) is 1.94. The third-order valence-electron chi connectivity index (χ3n) is 4.84. The normalized spacial score (nSPS) is 22.1. The number of hydrogen-bond donors (Lipinski definition) is 0. The Morgan fingerprint density at radius 3 is 2.43 bits per heavy atom. The Bertz CT molecular complexity index is 327. The molecule has 2 aliphatic rings. The molecular formula is C17H31NO3. The maximum Gasteiger partial charge on any atom is 0.222 e. The van der Waals surface area contributed by atoms with Crippen molar-refractivity contribution in [1.29, 1.82) is 0 Å². The zero-order valence-corrected chi connectivity index (χ0v) is 13.9. The Kier molecular flexibility index (Phi) is 6.06. The first-order valence-electron chi connectivity index (χ1n) is 8.53. The van der Waals surface area contributed by atoms with E-state index in [1.54, 1.807) is 0 Å². The molecule has 0 aromatic rings. The molecule has 0 atom stereocenters. The molecule has 122 valence electrons. The summed E-state index contributed by atoms with van der Waals surface area (Å²) in [5, 5.41) is 0. The fourth-order valence-electron chi connectivity index (χ4n) is 3.37. The molecule has 1 heterocycles. The van der Waals surface area contributed by atoms with Crippen molar-refractivity contribution in [1.82, 2.24) is 4.90 Å². The second-order valence-electron chi connectivity index (χ2n) is 7.11. The van der Waals surface area contributed by atoms with Crippen LogP contribution in [0.2, 0.25) is 0 Å². The molecule has 0 unspecified atom stereocenters. The van der Waals surface area contributed by atoms with Gasteiger partial charge in [0.05, 0.1) is 13.2 Å². The predicted octanol–water partition coefficient (Wildman–Crippen LogP) is 3.20. The van der Waals surface area contributed by atoms with E-state index < -0.39 is 0 Å². The average Bonchev–Trinajstić information content (AvgIpc) is 2.89. The molecule has 2 rings (SSSR count). The monoisotopic (exact) mass is 297 g/mol. The summed E-state index contributed by atoms with van der Waals surface area (Å²) in [6, 6.07) is 0. The number of amides is 1. The van der Waals surface area contributed by atoms with E-state index in [0.717, 1.165) is 57.8 Å². The van der Waals surface area contributed by atoms with E-state index in [2.05, 4.69) is 13.8 Å². The molecule has 2 fully saturated rings. The molecule has 0 N–H and O–H groups in total. The molecule has 0 radical (unpaired) electrons. The maximum atomic E-state index is 12.3. The van der Waals surface area contributed by atoms with Gasteiger partial charge in [-0.05, 0) is 37.5 Å². The van der Waals surface area contributed by atoms with Gasteiger partial charge in [-0.3, -0.25) is 4.79 Å². The molecule has 0 aromatic carbocycles. The smallest absolute Gasteiger partial charge is 0.222 e. The van der Waals surface area contributed by atoms with Crippen molar-refractivity contribution in [2.45, 2.75) is 64.6 Å². The SMILES string of the molecule is CC(C)CCCN(C)C(=O)CC1CCC2(CC1)OCCO2. The Balaban J connectivity index is 1.66. The molecule has 21 heavy (non-hydrogen) atoms. The summed E-state index contributed by atoms with van der Waals surface area (Å²) >= 11 is 0.